The molecule has 3 N–H and O–H groups in total. The van der Waals surface area contributed by atoms with E-state index in [-0.39, 0.29) is 24.6 Å². The van der Waals surface area contributed by atoms with Gasteiger partial charge in [-0.3, -0.25) is 20.4 Å². The topological polar surface area (TPSA) is 150 Å². The summed E-state index contributed by atoms with van der Waals surface area (Å²) in [5.74, 6) is -3.11. The fraction of sp³-hybridized carbons (Fsp3) is 0.421. The van der Waals surface area contributed by atoms with E-state index in [0.717, 1.165) is 12.3 Å². The maximum Gasteiger partial charge on any atom is 0.451 e. The van der Waals surface area contributed by atoms with Crippen LogP contribution in [0, 0.1) is 13.8 Å². The third-order valence-electron chi connectivity index (χ3n) is 5.04. The van der Waals surface area contributed by atoms with Crippen molar-refractivity contribution < 1.29 is 32.7 Å². The maximum absolute atomic E-state index is 12.9. The summed E-state index contributed by atoms with van der Waals surface area (Å²) in [6.07, 6.45) is -4.19. The van der Waals surface area contributed by atoms with E-state index in [1.165, 1.54) is 4.90 Å². The highest BCUT2D eigenvalue weighted by Crippen LogP contribution is 2.30. The summed E-state index contributed by atoms with van der Waals surface area (Å²) >= 11 is 0. The predicted molar refractivity (Wildman–Crippen MR) is 105 cm³/mol. The molecule has 0 spiro atoms. The minimum atomic E-state index is -4.83. The van der Waals surface area contributed by atoms with E-state index in [9.17, 15) is 27.6 Å². The van der Waals surface area contributed by atoms with Crippen LogP contribution in [0.4, 0.5) is 18.0 Å². The van der Waals surface area contributed by atoms with Crippen molar-refractivity contribution in [2.75, 3.05) is 13.1 Å². The molecule has 1 saturated heterocycles. The molecular weight excluding hydrogens is 447 g/mol. The largest absolute Gasteiger partial charge is 0.465 e. The summed E-state index contributed by atoms with van der Waals surface area (Å²) in [7, 11) is 0. The number of carbonyl (C=O) groups excluding carboxylic acids is 2. The second-order valence-corrected chi connectivity index (χ2v) is 7.33. The fourth-order valence-electron chi connectivity index (χ4n) is 3.52. The third-order valence-corrected chi connectivity index (χ3v) is 5.04. The highest BCUT2D eigenvalue weighted by atomic mass is 19.4. The van der Waals surface area contributed by atoms with Crippen molar-refractivity contribution in [1.82, 2.24) is 35.7 Å². The molecule has 0 saturated carbocycles. The number of rotatable bonds is 3. The summed E-state index contributed by atoms with van der Waals surface area (Å²) in [5.41, 5.74) is 4.46. The highest BCUT2D eigenvalue weighted by molar-refractivity contribution is 5.99. The normalized spacial score (nSPS) is 14.6. The van der Waals surface area contributed by atoms with Crippen LogP contribution in [0.5, 0.6) is 0 Å². The molecule has 3 amide bonds. The van der Waals surface area contributed by atoms with Crippen LogP contribution in [0.15, 0.2) is 12.3 Å². The van der Waals surface area contributed by atoms with Crippen LogP contribution >= 0.6 is 0 Å². The lowest BCUT2D eigenvalue weighted by molar-refractivity contribution is -0.145. The number of halogens is 3. The van der Waals surface area contributed by atoms with Crippen LogP contribution in [0.3, 0.4) is 0 Å². The summed E-state index contributed by atoms with van der Waals surface area (Å²) in [6, 6.07) is 0.971. The Balaban J connectivity index is 1.76. The minimum absolute atomic E-state index is 0.105. The van der Waals surface area contributed by atoms with Gasteiger partial charge in [-0.15, -0.1) is 0 Å². The number of likely N-dealkylation sites (tertiary alicyclic amines) is 1. The van der Waals surface area contributed by atoms with E-state index in [0.29, 0.717) is 30.1 Å². The lowest BCUT2D eigenvalue weighted by Crippen LogP contribution is -2.43. The van der Waals surface area contributed by atoms with E-state index in [1.807, 2.05) is 5.43 Å². The van der Waals surface area contributed by atoms with Gasteiger partial charge in [-0.2, -0.15) is 13.2 Å². The van der Waals surface area contributed by atoms with Crippen molar-refractivity contribution in [2.24, 2.45) is 0 Å². The highest BCUT2D eigenvalue weighted by Gasteiger charge is 2.35. The Kier molecular flexibility index (Phi) is 6.74. The van der Waals surface area contributed by atoms with Gasteiger partial charge in [0, 0.05) is 25.2 Å². The number of carbonyl (C=O) groups is 3. The summed E-state index contributed by atoms with van der Waals surface area (Å²) in [5, 5.41) is 9.13. The zero-order valence-electron chi connectivity index (χ0n) is 17.6. The van der Waals surface area contributed by atoms with E-state index >= 15 is 0 Å². The Bertz CT molecular complexity index is 1090. The minimum Gasteiger partial charge on any atom is -0.465 e. The molecule has 0 radical (unpaired) electrons. The smallest absolute Gasteiger partial charge is 0.451 e. The number of hydrogen-bond acceptors (Lipinski definition) is 7. The van der Waals surface area contributed by atoms with E-state index in [2.05, 4.69) is 25.4 Å². The van der Waals surface area contributed by atoms with E-state index < -0.39 is 35.6 Å². The van der Waals surface area contributed by atoms with Gasteiger partial charge in [-0.1, -0.05) is 0 Å². The van der Waals surface area contributed by atoms with Crippen LogP contribution < -0.4 is 10.9 Å². The molecule has 0 aromatic carbocycles. The molecule has 33 heavy (non-hydrogen) atoms. The number of alkyl halides is 3. The first-order valence-electron chi connectivity index (χ1n) is 9.81. The second kappa shape index (κ2) is 9.34. The zero-order valence-corrected chi connectivity index (χ0v) is 17.6. The Morgan fingerprint density at radius 2 is 1.70 bits per heavy atom. The monoisotopic (exact) mass is 467 g/mol. The number of aromatic nitrogens is 4. The number of nitrogens with zero attached hydrogens (tertiary/aromatic N) is 5. The number of hydrogen-bond donors (Lipinski definition) is 3. The Hall–Kier alpha value is -3.84. The molecule has 14 heteroatoms. The lowest BCUT2D eigenvalue weighted by Gasteiger charge is -2.30. The molecule has 0 atom stereocenters. The van der Waals surface area contributed by atoms with Crippen LogP contribution in [0.25, 0.3) is 0 Å². The maximum atomic E-state index is 12.9. The Labute approximate surface area is 185 Å². The fourth-order valence-corrected chi connectivity index (χ4v) is 3.52. The van der Waals surface area contributed by atoms with Crippen LogP contribution in [0.2, 0.25) is 0 Å². The quantitative estimate of drug-likeness (QED) is 0.579. The number of carboxylic acid groups (broad SMARTS) is 1. The number of piperidine rings is 1. The molecule has 0 aliphatic carbocycles. The van der Waals surface area contributed by atoms with Crippen LogP contribution in [0.1, 0.15) is 62.6 Å². The Morgan fingerprint density at radius 3 is 2.30 bits per heavy atom. The molecule has 1 aliphatic rings. The lowest BCUT2D eigenvalue weighted by atomic mass is 9.89. The zero-order chi connectivity index (χ0) is 24.3. The van der Waals surface area contributed by atoms with Crippen molar-refractivity contribution in [1.29, 1.82) is 0 Å². The van der Waals surface area contributed by atoms with Gasteiger partial charge in [0.2, 0.25) is 5.82 Å². The van der Waals surface area contributed by atoms with E-state index in [4.69, 9.17) is 5.11 Å². The molecule has 1 fully saturated rings. The number of amides is 3. The molecule has 11 nitrogen and oxygen atoms in total. The molecule has 176 valence electrons. The molecule has 0 unspecified atom stereocenters. The van der Waals surface area contributed by atoms with Gasteiger partial charge in [-0.05, 0) is 32.8 Å². The van der Waals surface area contributed by atoms with Gasteiger partial charge in [0.25, 0.3) is 11.8 Å². The van der Waals surface area contributed by atoms with Crippen molar-refractivity contribution in [2.45, 2.75) is 38.8 Å². The molecule has 2 aromatic rings. The van der Waals surface area contributed by atoms with Crippen LogP contribution in [-0.4, -0.2) is 60.9 Å². The van der Waals surface area contributed by atoms with Crippen LogP contribution in [-0.2, 0) is 6.18 Å². The second-order valence-electron chi connectivity index (χ2n) is 7.33. The van der Waals surface area contributed by atoms with Crippen molar-refractivity contribution in [3.8, 4) is 0 Å². The van der Waals surface area contributed by atoms with Gasteiger partial charge >= 0.3 is 12.3 Å². The average Bonchev–Trinajstić information content (AvgIpc) is 2.76. The molecular formula is C19H20F3N7O4. The van der Waals surface area contributed by atoms with Gasteiger partial charge in [0.05, 0.1) is 17.0 Å². The van der Waals surface area contributed by atoms with Crippen molar-refractivity contribution >= 4 is 17.9 Å². The molecule has 1 aliphatic heterocycles. The van der Waals surface area contributed by atoms with Gasteiger partial charge in [0.15, 0.2) is 0 Å². The molecule has 3 rings (SSSR count). The van der Waals surface area contributed by atoms with Gasteiger partial charge < -0.3 is 10.0 Å². The number of hydrazine groups is 1. The first-order chi connectivity index (χ1) is 15.5. The molecule has 0 bridgehead atoms. The summed E-state index contributed by atoms with van der Waals surface area (Å²) in [6.45, 7) is 3.78. The molecule has 2 aromatic heterocycles. The first-order valence-corrected chi connectivity index (χ1v) is 9.81. The van der Waals surface area contributed by atoms with Gasteiger partial charge in [-0.25, -0.2) is 24.7 Å². The molecule has 3 heterocycles. The number of aryl methyl sites for hydroxylation is 2. The van der Waals surface area contributed by atoms with Crippen molar-refractivity contribution in [3.05, 3.63) is 46.6 Å². The standard InChI is InChI=1S/C19H20F3N7O4/c1-9-13(14(25-10(2)24-9)11-4-7-29(8-5-11)18(32)33)16(31)28-27-15(30)12-3-6-23-17(26-12)19(20,21)22/h3,6,11H,4-5,7-8H2,1-2H3,(H,27,30)(H,28,31)(H,32,33). The van der Waals surface area contributed by atoms with Crippen molar-refractivity contribution in [3.63, 3.8) is 0 Å². The summed E-state index contributed by atoms with van der Waals surface area (Å²) < 4.78 is 38.3. The number of nitrogens with one attached hydrogen (secondary N) is 2. The first kappa shape index (κ1) is 23.8. The van der Waals surface area contributed by atoms with E-state index in [1.54, 1.807) is 13.8 Å². The summed E-state index contributed by atoms with van der Waals surface area (Å²) in [4.78, 5) is 52.3. The SMILES string of the molecule is Cc1nc(C)c(C(=O)NNC(=O)c2ccnc(C(F)(F)F)n2)c(C2CCN(C(=O)O)CC2)n1. The Morgan fingerprint density at radius 1 is 1.06 bits per heavy atom. The third kappa shape index (κ3) is 5.51. The van der Waals surface area contributed by atoms with Gasteiger partial charge in [0.1, 0.15) is 11.5 Å². The average molecular weight is 467 g/mol. The predicted octanol–water partition coefficient (Wildman–Crippen LogP) is 1.83.